The number of amides is 1. The molecule has 0 fully saturated rings. The quantitative estimate of drug-likeness (QED) is 0.731. The molecular formula is C16H15FN6O2. The van der Waals surface area contributed by atoms with Crippen LogP contribution in [0.25, 0.3) is 0 Å². The van der Waals surface area contributed by atoms with Crippen LogP contribution < -0.4 is 15.8 Å². The van der Waals surface area contributed by atoms with Crippen LogP contribution in [0.3, 0.4) is 0 Å². The lowest BCUT2D eigenvalue weighted by molar-refractivity contribution is 0.102. The number of aromatic nitrogens is 4. The highest BCUT2D eigenvalue weighted by atomic mass is 19.1. The van der Waals surface area contributed by atoms with Crippen LogP contribution in [-0.2, 0) is 6.54 Å². The second-order valence-corrected chi connectivity index (χ2v) is 5.13. The van der Waals surface area contributed by atoms with Crippen molar-refractivity contribution in [3.05, 3.63) is 60.1 Å². The molecule has 2 aromatic heterocycles. The van der Waals surface area contributed by atoms with E-state index in [0.717, 1.165) is 0 Å². The van der Waals surface area contributed by atoms with Crippen LogP contribution in [0.4, 0.5) is 15.9 Å². The molecule has 3 N–H and O–H groups in total. The van der Waals surface area contributed by atoms with Gasteiger partial charge in [-0.3, -0.25) is 9.48 Å². The van der Waals surface area contributed by atoms with Gasteiger partial charge in [-0.25, -0.2) is 14.4 Å². The van der Waals surface area contributed by atoms with Crippen molar-refractivity contribution in [2.24, 2.45) is 0 Å². The number of halogens is 1. The molecule has 0 spiro atoms. The van der Waals surface area contributed by atoms with Crippen LogP contribution in [0.2, 0.25) is 0 Å². The minimum Gasteiger partial charge on any atom is -0.497 e. The maximum Gasteiger partial charge on any atom is 0.278 e. The molecule has 0 bridgehead atoms. The number of ether oxygens (including phenoxy) is 1. The van der Waals surface area contributed by atoms with E-state index in [4.69, 9.17) is 10.5 Å². The smallest absolute Gasteiger partial charge is 0.278 e. The Labute approximate surface area is 142 Å². The van der Waals surface area contributed by atoms with E-state index in [-0.39, 0.29) is 23.9 Å². The van der Waals surface area contributed by atoms with E-state index in [1.807, 2.05) is 0 Å². The Morgan fingerprint density at radius 3 is 2.92 bits per heavy atom. The fourth-order valence-electron chi connectivity index (χ4n) is 2.20. The molecule has 0 aliphatic heterocycles. The summed E-state index contributed by atoms with van der Waals surface area (Å²) in [6.45, 7) is 0.187. The lowest BCUT2D eigenvalue weighted by Gasteiger charge is -2.06. The van der Waals surface area contributed by atoms with Crippen molar-refractivity contribution in [3.63, 3.8) is 0 Å². The predicted molar refractivity (Wildman–Crippen MR) is 88.7 cm³/mol. The zero-order valence-electron chi connectivity index (χ0n) is 13.3. The van der Waals surface area contributed by atoms with Gasteiger partial charge in [-0.05, 0) is 18.2 Å². The summed E-state index contributed by atoms with van der Waals surface area (Å²) in [5.41, 5.74) is 6.48. The molecule has 0 aliphatic carbocycles. The van der Waals surface area contributed by atoms with Gasteiger partial charge in [0, 0.05) is 24.2 Å². The van der Waals surface area contributed by atoms with Gasteiger partial charge in [-0.1, -0.05) is 0 Å². The molecule has 25 heavy (non-hydrogen) atoms. The van der Waals surface area contributed by atoms with Gasteiger partial charge < -0.3 is 15.8 Å². The summed E-state index contributed by atoms with van der Waals surface area (Å²) >= 11 is 0. The van der Waals surface area contributed by atoms with Crippen molar-refractivity contribution in [1.29, 1.82) is 0 Å². The molecule has 0 radical (unpaired) electrons. The van der Waals surface area contributed by atoms with Crippen LogP contribution in [-0.4, -0.2) is 32.8 Å². The van der Waals surface area contributed by atoms with Gasteiger partial charge in [0.15, 0.2) is 11.5 Å². The van der Waals surface area contributed by atoms with Crippen LogP contribution in [0, 0.1) is 5.82 Å². The van der Waals surface area contributed by atoms with Gasteiger partial charge in [0.05, 0.1) is 25.5 Å². The summed E-state index contributed by atoms with van der Waals surface area (Å²) in [6.07, 6.45) is 5.79. The number of carbonyl (C=O) groups is 1. The number of anilines is 2. The standard InChI is InChI=1S/C16H15FN6O2/c1-25-12-2-3-13(17)10(6-12)8-23-9-11(7-21-23)22-16(24)14-15(18)20-5-4-19-14/h2-7,9H,8H2,1H3,(H2,18,20)(H,22,24). The number of nitrogens with one attached hydrogen (secondary N) is 1. The number of nitrogens with two attached hydrogens (primary N) is 1. The highest BCUT2D eigenvalue weighted by Gasteiger charge is 2.13. The van der Waals surface area contributed by atoms with Gasteiger partial charge in [0.1, 0.15) is 11.6 Å². The number of hydrogen-bond acceptors (Lipinski definition) is 6. The molecule has 0 saturated carbocycles. The monoisotopic (exact) mass is 342 g/mol. The van der Waals surface area contributed by atoms with Crippen LogP contribution in [0.15, 0.2) is 43.0 Å². The molecule has 3 rings (SSSR count). The van der Waals surface area contributed by atoms with E-state index in [0.29, 0.717) is 17.0 Å². The largest absolute Gasteiger partial charge is 0.497 e. The zero-order chi connectivity index (χ0) is 17.8. The average molecular weight is 342 g/mol. The van der Waals surface area contributed by atoms with Crippen LogP contribution in [0.5, 0.6) is 5.75 Å². The number of carbonyl (C=O) groups excluding carboxylic acids is 1. The van der Waals surface area contributed by atoms with E-state index < -0.39 is 5.91 Å². The van der Waals surface area contributed by atoms with E-state index in [2.05, 4.69) is 20.4 Å². The summed E-state index contributed by atoms with van der Waals surface area (Å²) in [4.78, 5) is 19.8. The van der Waals surface area contributed by atoms with Crippen molar-refractivity contribution in [3.8, 4) is 5.75 Å². The topological polar surface area (TPSA) is 108 Å². The lowest BCUT2D eigenvalue weighted by atomic mass is 10.2. The summed E-state index contributed by atoms with van der Waals surface area (Å²) in [5.74, 6) is -0.284. The first kappa shape index (κ1) is 16.4. The molecular weight excluding hydrogens is 327 g/mol. The van der Waals surface area contributed by atoms with Gasteiger partial charge in [-0.2, -0.15) is 5.10 Å². The van der Waals surface area contributed by atoms with Crippen molar-refractivity contribution in [2.45, 2.75) is 6.54 Å². The van der Waals surface area contributed by atoms with E-state index in [9.17, 15) is 9.18 Å². The van der Waals surface area contributed by atoms with E-state index >= 15 is 0 Å². The molecule has 128 valence electrons. The van der Waals surface area contributed by atoms with Crippen molar-refractivity contribution >= 4 is 17.4 Å². The van der Waals surface area contributed by atoms with Crippen LogP contribution in [0.1, 0.15) is 16.1 Å². The first-order valence-electron chi connectivity index (χ1n) is 7.29. The molecule has 9 heteroatoms. The number of nitrogens with zero attached hydrogens (tertiary/aromatic N) is 4. The highest BCUT2D eigenvalue weighted by molar-refractivity contribution is 6.05. The molecule has 0 aliphatic rings. The third-order valence-corrected chi connectivity index (χ3v) is 3.42. The maximum atomic E-state index is 13.9. The fourth-order valence-corrected chi connectivity index (χ4v) is 2.20. The summed E-state index contributed by atoms with van der Waals surface area (Å²) in [6, 6.07) is 4.46. The van der Waals surface area contributed by atoms with Gasteiger partial charge in [-0.15, -0.1) is 0 Å². The zero-order valence-corrected chi connectivity index (χ0v) is 13.3. The van der Waals surface area contributed by atoms with Gasteiger partial charge in [0.2, 0.25) is 0 Å². The SMILES string of the molecule is COc1ccc(F)c(Cn2cc(NC(=O)c3nccnc3N)cn2)c1. The Bertz CT molecular complexity index is 911. The number of nitrogen functional groups attached to an aromatic ring is 1. The van der Waals surface area contributed by atoms with Crippen molar-refractivity contribution in [2.75, 3.05) is 18.2 Å². The van der Waals surface area contributed by atoms with Crippen molar-refractivity contribution < 1.29 is 13.9 Å². The highest BCUT2D eigenvalue weighted by Crippen LogP contribution is 2.18. The van der Waals surface area contributed by atoms with E-state index in [1.165, 1.54) is 36.4 Å². The molecule has 2 heterocycles. The maximum absolute atomic E-state index is 13.9. The third-order valence-electron chi connectivity index (χ3n) is 3.42. The van der Waals surface area contributed by atoms with Crippen molar-refractivity contribution in [1.82, 2.24) is 19.7 Å². The first-order valence-corrected chi connectivity index (χ1v) is 7.29. The van der Waals surface area contributed by atoms with Gasteiger partial charge in [0.25, 0.3) is 5.91 Å². The molecule has 1 aromatic carbocycles. The second kappa shape index (κ2) is 6.95. The summed E-state index contributed by atoms with van der Waals surface area (Å²) < 4.78 is 20.5. The third kappa shape index (κ3) is 3.71. The number of rotatable bonds is 5. The fraction of sp³-hybridized carbons (Fsp3) is 0.125. The minimum atomic E-state index is -0.502. The number of benzene rings is 1. The minimum absolute atomic E-state index is 0.0223. The second-order valence-electron chi connectivity index (χ2n) is 5.13. The Kier molecular flexibility index (Phi) is 4.55. The predicted octanol–water partition coefficient (Wildman–Crippen LogP) is 1.70. The summed E-state index contributed by atoms with van der Waals surface area (Å²) in [7, 11) is 1.51. The Balaban J connectivity index is 1.73. The normalized spacial score (nSPS) is 10.5. The molecule has 0 unspecified atom stereocenters. The van der Waals surface area contributed by atoms with Crippen LogP contribution >= 0.6 is 0 Å². The Morgan fingerprint density at radius 1 is 1.36 bits per heavy atom. The van der Waals surface area contributed by atoms with E-state index in [1.54, 1.807) is 18.3 Å². The summed E-state index contributed by atoms with van der Waals surface area (Å²) in [5, 5.41) is 6.72. The molecule has 0 saturated heterocycles. The average Bonchev–Trinajstić information content (AvgIpc) is 3.04. The number of hydrogen-bond donors (Lipinski definition) is 2. The molecule has 1 amide bonds. The number of methoxy groups -OCH3 is 1. The first-order chi connectivity index (χ1) is 12.1. The molecule has 3 aromatic rings. The van der Waals surface area contributed by atoms with Gasteiger partial charge >= 0.3 is 0 Å². The molecule has 0 atom stereocenters. The Morgan fingerprint density at radius 2 is 2.16 bits per heavy atom. The molecule has 8 nitrogen and oxygen atoms in total. The Hall–Kier alpha value is -3.49. The lowest BCUT2D eigenvalue weighted by Crippen LogP contribution is -2.16.